The second-order valence-corrected chi connectivity index (χ2v) is 4.25. The zero-order chi connectivity index (χ0) is 12.4. The van der Waals surface area contributed by atoms with Crippen molar-refractivity contribution in [3.63, 3.8) is 0 Å². The number of hydrogen-bond donors (Lipinski definition) is 2. The van der Waals surface area contributed by atoms with E-state index in [2.05, 4.69) is 16.7 Å². The smallest absolute Gasteiger partial charge is 0.151 e. The number of thiocarbonyl (C=S) groups is 1. The van der Waals surface area contributed by atoms with Gasteiger partial charge in [0.2, 0.25) is 0 Å². The van der Waals surface area contributed by atoms with Gasteiger partial charge in [-0.3, -0.25) is 0 Å². The molecule has 2 aromatic rings. The molecule has 2 N–H and O–H groups in total. The van der Waals surface area contributed by atoms with Crippen molar-refractivity contribution in [3.05, 3.63) is 48.0 Å². The van der Waals surface area contributed by atoms with Crippen molar-refractivity contribution < 1.29 is 4.74 Å². The van der Waals surface area contributed by atoms with Crippen LogP contribution in [0.2, 0.25) is 0 Å². The van der Waals surface area contributed by atoms with Crippen LogP contribution in [0.5, 0.6) is 11.5 Å². The molecule has 1 aliphatic heterocycles. The Kier molecular flexibility index (Phi) is 2.86. The van der Waals surface area contributed by atoms with Crippen LogP contribution in [-0.4, -0.2) is 5.49 Å². The van der Waals surface area contributed by atoms with E-state index in [1.165, 1.54) is 5.49 Å². The van der Waals surface area contributed by atoms with Crippen molar-refractivity contribution in [1.82, 2.24) is 5.32 Å². The van der Waals surface area contributed by atoms with E-state index in [9.17, 15) is 0 Å². The minimum absolute atomic E-state index is 0.686. The average molecular weight is 256 g/mol. The van der Waals surface area contributed by atoms with E-state index < -0.39 is 0 Å². The Morgan fingerprint density at radius 1 is 1.11 bits per heavy atom. The molecule has 3 nitrogen and oxygen atoms in total. The molecule has 0 fully saturated rings. The van der Waals surface area contributed by atoms with Gasteiger partial charge in [0.05, 0.1) is 16.9 Å². The third-order valence-corrected chi connectivity index (χ3v) is 3.02. The predicted molar refractivity (Wildman–Crippen MR) is 76.7 cm³/mol. The highest BCUT2D eigenvalue weighted by atomic mass is 32.1. The van der Waals surface area contributed by atoms with E-state index in [0.29, 0.717) is 6.54 Å². The molecule has 2 aromatic carbocycles. The second kappa shape index (κ2) is 4.66. The maximum Gasteiger partial charge on any atom is 0.151 e. The Balaban J connectivity index is 1.99. The fraction of sp³-hybridized carbons (Fsp3) is 0.0714. The highest BCUT2D eigenvalue weighted by Gasteiger charge is 2.17. The lowest BCUT2D eigenvalue weighted by Gasteiger charge is -2.23. The van der Waals surface area contributed by atoms with Crippen molar-refractivity contribution in [2.75, 3.05) is 5.32 Å². The Morgan fingerprint density at radius 2 is 1.94 bits per heavy atom. The molecule has 0 saturated heterocycles. The minimum Gasteiger partial charge on any atom is -0.453 e. The first-order valence-corrected chi connectivity index (χ1v) is 6.18. The van der Waals surface area contributed by atoms with Crippen LogP contribution in [0.4, 0.5) is 11.4 Å². The van der Waals surface area contributed by atoms with Crippen LogP contribution >= 0.6 is 12.2 Å². The fourth-order valence-electron chi connectivity index (χ4n) is 2.01. The van der Waals surface area contributed by atoms with Crippen LogP contribution in [0, 0.1) is 0 Å². The van der Waals surface area contributed by atoms with Gasteiger partial charge in [-0.1, -0.05) is 36.5 Å². The van der Waals surface area contributed by atoms with Crippen molar-refractivity contribution in [1.29, 1.82) is 0 Å². The molecule has 0 radical (unpaired) electrons. The van der Waals surface area contributed by atoms with Gasteiger partial charge in [-0.05, 0) is 23.8 Å². The SMILES string of the molecule is S=CNCc1cccc2c1Nc1ccccc1O2. The average Bonchev–Trinajstić information content (AvgIpc) is 2.43. The van der Waals surface area contributed by atoms with E-state index in [4.69, 9.17) is 17.0 Å². The molecule has 90 valence electrons. The number of ether oxygens (including phenoxy) is 1. The van der Waals surface area contributed by atoms with Crippen molar-refractivity contribution >= 4 is 29.1 Å². The summed E-state index contributed by atoms with van der Waals surface area (Å²) in [6.45, 7) is 0.686. The summed E-state index contributed by atoms with van der Waals surface area (Å²) in [5, 5.41) is 6.44. The molecule has 18 heavy (non-hydrogen) atoms. The number of fused-ring (bicyclic) bond motifs is 2. The molecule has 0 unspecified atom stereocenters. The molecule has 0 saturated carbocycles. The quantitative estimate of drug-likeness (QED) is 0.702. The lowest BCUT2D eigenvalue weighted by Crippen LogP contribution is -2.12. The van der Waals surface area contributed by atoms with E-state index in [-0.39, 0.29) is 0 Å². The third kappa shape index (κ3) is 1.91. The maximum absolute atomic E-state index is 5.87. The van der Waals surface area contributed by atoms with Crippen LogP contribution in [0.15, 0.2) is 42.5 Å². The molecule has 0 aliphatic carbocycles. The van der Waals surface area contributed by atoms with Gasteiger partial charge >= 0.3 is 0 Å². The molecule has 1 aliphatic rings. The van der Waals surface area contributed by atoms with Crippen LogP contribution in [0.25, 0.3) is 0 Å². The molecule has 4 heteroatoms. The lowest BCUT2D eigenvalue weighted by atomic mass is 10.1. The number of para-hydroxylation sites is 3. The second-order valence-electron chi connectivity index (χ2n) is 4.01. The van der Waals surface area contributed by atoms with Crippen molar-refractivity contribution in [2.24, 2.45) is 0 Å². The highest BCUT2D eigenvalue weighted by molar-refractivity contribution is 7.78. The summed E-state index contributed by atoms with van der Waals surface area (Å²) in [4.78, 5) is 0. The normalized spacial score (nSPS) is 11.6. The van der Waals surface area contributed by atoms with Gasteiger partial charge in [0, 0.05) is 6.54 Å². The molecular formula is C14H12N2OS. The molecule has 0 bridgehead atoms. The van der Waals surface area contributed by atoms with Gasteiger partial charge in [0.25, 0.3) is 0 Å². The van der Waals surface area contributed by atoms with E-state index in [1.54, 1.807) is 0 Å². The Labute approximate surface area is 111 Å². The van der Waals surface area contributed by atoms with Gasteiger partial charge in [0.1, 0.15) is 0 Å². The highest BCUT2D eigenvalue weighted by Crippen LogP contribution is 2.43. The molecule has 3 rings (SSSR count). The summed E-state index contributed by atoms with van der Waals surface area (Å²) in [7, 11) is 0. The third-order valence-electron chi connectivity index (χ3n) is 2.86. The zero-order valence-electron chi connectivity index (χ0n) is 9.64. The molecule has 0 atom stereocenters. The van der Waals surface area contributed by atoms with Gasteiger partial charge in [-0.15, -0.1) is 0 Å². The molecule has 0 aromatic heterocycles. The summed E-state index contributed by atoms with van der Waals surface area (Å²) in [6.07, 6.45) is 0. The Hall–Kier alpha value is -2.07. The van der Waals surface area contributed by atoms with E-state index in [0.717, 1.165) is 28.4 Å². The van der Waals surface area contributed by atoms with Crippen LogP contribution in [-0.2, 0) is 6.54 Å². The number of hydrogen-bond acceptors (Lipinski definition) is 3. The minimum atomic E-state index is 0.686. The first-order chi connectivity index (χ1) is 8.88. The molecule has 0 amide bonds. The van der Waals surface area contributed by atoms with Gasteiger partial charge < -0.3 is 15.4 Å². The topological polar surface area (TPSA) is 33.3 Å². The van der Waals surface area contributed by atoms with Crippen LogP contribution in [0.3, 0.4) is 0 Å². The first-order valence-electron chi connectivity index (χ1n) is 5.71. The van der Waals surface area contributed by atoms with Gasteiger partial charge in [-0.2, -0.15) is 0 Å². The van der Waals surface area contributed by atoms with Crippen LogP contribution in [0.1, 0.15) is 5.56 Å². The maximum atomic E-state index is 5.87. The van der Waals surface area contributed by atoms with Gasteiger partial charge in [0.15, 0.2) is 11.5 Å². The van der Waals surface area contributed by atoms with Gasteiger partial charge in [-0.25, -0.2) is 0 Å². The summed E-state index contributed by atoms with van der Waals surface area (Å²) < 4.78 is 5.87. The number of benzene rings is 2. The number of anilines is 2. The lowest BCUT2D eigenvalue weighted by molar-refractivity contribution is 0.480. The summed E-state index contributed by atoms with van der Waals surface area (Å²) >= 11 is 4.78. The van der Waals surface area contributed by atoms with E-state index >= 15 is 0 Å². The molecule has 1 heterocycles. The van der Waals surface area contributed by atoms with Crippen molar-refractivity contribution in [3.8, 4) is 11.5 Å². The standard InChI is InChI=1S/C14H12N2OS/c18-9-15-8-10-4-3-7-13-14(10)16-11-5-1-2-6-12(11)17-13/h1-7,9,16H,8H2,(H,15,18). The fourth-order valence-corrected chi connectivity index (χ4v) is 2.10. The number of nitrogens with one attached hydrogen (secondary N) is 2. The van der Waals surface area contributed by atoms with Crippen LogP contribution < -0.4 is 15.4 Å². The first kappa shape index (κ1) is 11.0. The summed E-state index contributed by atoms with van der Waals surface area (Å²) in [5.74, 6) is 1.70. The summed E-state index contributed by atoms with van der Waals surface area (Å²) in [5.41, 5.74) is 4.64. The Bertz CT molecular complexity index is 598. The monoisotopic (exact) mass is 256 g/mol. The molecular weight excluding hydrogens is 244 g/mol. The zero-order valence-corrected chi connectivity index (χ0v) is 10.5. The van der Waals surface area contributed by atoms with E-state index in [1.807, 2.05) is 36.4 Å². The predicted octanol–water partition coefficient (Wildman–Crippen LogP) is 3.58. The van der Waals surface area contributed by atoms with Crippen molar-refractivity contribution in [2.45, 2.75) is 6.54 Å². The summed E-state index contributed by atoms with van der Waals surface area (Å²) in [6, 6.07) is 13.9. The largest absolute Gasteiger partial charge is 0.453 e. The number of rotatable bonds is 3. The Morgan fingerprint density at radius 3 is 2.83 bits per heavy atom. The molecule has 0 spiro atoms.